The Kier molecular flexibility index (Phi) is 13.9. The van der Waals surface area contributed by atoms with E-state index in [9.17, 15) is 24.0 Å². The largest absolute Gasteiger partial charge is 0.348 e. The Bertz CT molecular complexity index is 1270. The van der Waals surface area contributed by atoms with Gasteiger partial charge in [0.1, 0.15) is 12.1 Å². The van der Waals surface area contributed by atoms with Crippen molar-refractivity contribution >= 4 is 57.0 Å². The fourth-order valence-corrected chi connectivity index (χ4v) is 10.2. The Morgan fingerprint density at radius 2 is 1.63 bits per heavy atom. The van der Waals surface area contributed by atoms with Crippen molar-refractivity contribution in [3.63, 3.8) is 0 Å². The number of halogens is 1. The number of Topliss-reactive ketones (excluding diaryl/α,β-unsaturated/α-hetero) is 1. The van der Waals surface area contributed by atoms with Gasteiger partial charge in [-0.1, -0.05) is 99.8 Å². The lowest BCUT2D eigenvalue weighted by Gasteiger charge is -2.43. The molecule has 2 saturated carbocycles. The van der Waals surface area contributed by atoms with Crippen molar-refractivity contribution in [2.24, 2.45) is 22.7 Å². The molecule has 1 saturated heterocycles. The van der Waals surface area contributed by atoms with Crippen LogP contribution >= 0.6 is 22.1 Å². The number of nitrogens with zero attached hydrogens (tertiary/aromatic N) is 1. The number of fused-ring (bicyclic) bond motifs is 1. The van der Waals surface area contributed by atoms with Gasteiger partial charge in [-0.25, -0.2) is 4.79 Å². The quantitative estimate of drug-likeness (QED) is 0.108. The molecule has 1 heterocycles. The molecule has 3 rings (SSSR count). The highest BCUT2D eigenvalue weighted by molar-refractivity contribution is 8.16. The summed E-state index contributed by atoms with van der Waals surface area (Å²) in [5.41, 5.74) is -1.16. The van der Waals surface area contributed by atoms with E-state index in [4.69, 9.17) is 11.6 Å². The van der Waals surface area contributed by atoms with Crippen LogP contribution in [0.15, 0.2) is 0 Å². The van der Waals surface area contributed by atoms with E-state index in [1.165, 1.54) is 0 Å². The number of amides is 5. The highest BCUT2D eigenvalue weighted by Crippen LogP contribution is 2.65. The predicted octanol–water partition coefficient (Wildman–Crippen LogP) is 5.37. The second kappa shape index (κ2) is 16.5. The average Bonchev–Trinajstić information content (AvgIpc) is 3.33. The maximum absolute atomic E-state index is 14.5. The summed E-state index contributed by atoms with van der Waals surface area (Å²) < 4.78 is 0.0787. The third-order valence-corrected chi connectivity index (χ3v) is 14.1. The molecule has 4 unspecified atom stereocenters. The number of hydrogen-bond acceptors (Lipinski definition) is 5. The highest BCUT2D eigenvalue weighted by Gasteiger charge is 2.70. The zero-order valence-electron chi connectivity index (χ0n) is 31.7. The van der Waals surface area contributed by atoms with Crippen molar-refractivity contribution in [1.82, 2.24) is 26.2 Å². The molecule has 1 aliphatic heterocycles. The van der Waals surface area contributed by atoms with E-state index in [-0.39, 0.29) is 62.4 Å². The molecule has 6 atom stereocenters. The molecular weight excluding hydrogens is 662 g/mol. The average molecular weight is 726 g/mol. The van der Waals surface area contributed by atoms with Crippen LogP contribution in [-0.4, -0.2) is 92.9 Å². The molecule has 0 aromatic rings. The summed E-state index contributed by atoms with van der Waals surface area (Å²) in [5, 5.41) is 14.1. The summed E-state index contributed by atoms with van der Waals surface area (Å²) in [6.45, 7) is 21.3. The van der Waals surface area contributed by atoms with Crippen molar-refractivity contribution < 1.29 is 24.0 Å². The van der Waals surface area contributed by atoms with Crippen LogP contribution in [0, 0.1) is 22.7 Å². The number of hydrogen-bond donors (Lipinski definition) is 4. The van der Waals surface area contributed by atoms with Gasteiger partial charge in [0.2, 0.25) is 17.6 Å². The molecule has 0 aromatic carbocycles. The molecule has 280 valence electrons. The van der Waals surface area contributed by atoms with E-state index in [2.05, 4.69) is 68.2 Å². The van der Waals surface area contributed by atoms with Crippen LogP contribution in [0.3, 0.4) is 0 Å². The Balaban J connectivity index is 1.85. The molecule has 3 aliphatic rings. The van der Waals surface area contributed by atoms with Gasteiger partial charge in [-0.2, -0.15) is 10.5 Å². The summed E-state index contributed by atoms with van der Waals surface area (Å²) in [4.78, 5) is 69.8. The number of rotatable bonds is 14. The summed E-state index contributed by atoms with van der Waals surface area (Å²) in [6.07, 6.45) is 6.78. The third kappa shape index (κ3) is 10.0. The van der Waals surface area contributed by atoms with Crippen molar-refractivity contribution in [1.29, 1.82) is 0 Å². The molecule has 49 heavy (non-hydrogen) atoms. The normalized spacial score (nSPS) is 24.6. The van der Waals surface area contributed by atoms with Crippen LogP contribution in [0.1, 0.15) is 121 Å². The summed E-state index contributed by atoms with van der Waals surface area (Å²) >= 11 is 5.70. The van der Waals surface area contributed by atoms with E-state index >= 15 is 0 Å². The first kappa shape index (κ1) is 41.3. The standard InChI is InChI=1S/C37H64ClN5O5S/c1-11-13-17-25(28(44)31(46)39-21-20-38)40-30(45)27-26-24(36(26,9)10)22-43(27)32(47)29(34(3,4)5)41-33(48)42-37(18-15-14-16-19-37)23-49(12-2)35(6,7)8/h12,24-27,29H,11,13-23H2,1-10H3,(H,39,46)(H,40,45)(H2,41,42,48)/t24?,25?,26?,27-,29+,49?/m0/s1. The van der Waals surface area contributed by atoms with Gasteiger partial charge < -0.3 is 26.2 Å². The molecule has 2 aliphatic carbocycles. The summed E-state index contributed by atoms with van der Waals surface area (Å²) in [7, 11) is -0.0172. The summed E-state index contributed by atoms with van der Waals surface area (Å²) in [5.74, 6) is -1.19. The molecule has 0 radical (unpaired) electrons. The molecule has 12 heteroatoms. The number of nitrogens with one attached hydrogen (secondary N) is 4. The Labute approximate surface area is 302 Å². The van der Waals surface area contributed by atoms with E-state index in [0.717, 1.165) is 44.3 Å². The molecule has 10 nitrogen and oxygen atoms in total. The minimum Gasteiger partial charge on any atom is -0.348 e. The van der Waals surface area contributed by atoms with Crippen LogP contribution in [0.4, 0.5) is 4.79 Å². The number of urea groups is 1. The fraction of sp³-hybridized carbons (Fsp3) is 0.838. The molecule has 0 spiro atoms. The lowest BCUT2D eigenvalue weighted by Crippen LogP contribution is -2.63. The second-order valence-electron chi connectivity index (χ2n) is 17.1. The minimum atomic E-state index is -1.01. The maximum atomic E-state index is 14.5. The van der Waals surface area contributed by atoms with Crippen molar-refractivity contribution in [2.75, 3.05) is 24.7 Å². The van der Waals surface area contributed by atoms with Gasteiger partial charge in [0.25, 0.3) is 5.91 Å². The predicted molar refractivity (Wildman–Crippen MR) is 201 cm³/mol. The fourth-order valence-electron chi connectivity index (χ4n) is 7.86. The van der Waals surface area contributed by atoms with Gasteiger partial charge in [0.05, 0.1) is 11.6 Å². The minimum absolute atomic E-state index is 0.0172. The number of carbonyl (C=O) groups is 5. The van der Waals surface area contributed by atoms with Crippen LogP contribution in [0.5, 0.6) is 0 Å². The SMILES string of the molecule is C/C=S(/CC1(NC(=O)N[C@H](C(=O)N2CC3C([C@H]2C(=O)NC(CCCC)C(=O)C(=O)NCCCl)C3(C)C)C(C)(C)C)CCCCC1)C(C)(C)C. The van der Waals surface area contributed by atoms with Crippen LogP contribution in [0.25, 0.3) is 0 Å². The lowest BCUT2D eigenvalue weighted by atomic mass is 9.83. The van der Waals surface area contributed by atoms with Crippen LogP contribution < -0.4 is 21.3 Å². The number of ketones is 1. The molecule has 0 aromatic heterocycles. The monoisotopic (exact) mass is 725 g/mol. The lowest BCUT2D eigenvalue weighted by molar-refractivity contribution is -0.145. The first-order chi connectivity index (χ1) is 22.7. The Morgan fingerprint density at radius 3 is 2.16 bits per heavy atom. The number of unbranched alkanes of at least 4 members (excludes halogenated alkanes) is 1. The smallest absolute Gasteiger partial charge is 0.315 e. The van der Waals surface area contributed by atoms with Gasteiger partial charge in [-0.15, -0.1) is 11.6 Å². The van der Waals surface area contributed by atoms with Crippen molar-refractivity contribution in [3.8, 4) is 0 Å². The van der Waals surface area contributed by atoms with Gasteiger partial charge in [-0.3, -0.25) is 19.2 Å². The van der Waals surface area contributed by atoms with Gasteiger partial charge in [0, 0.05) is 29.5 Å². The van der Waals surface area contributed by atoms with E-state index < -0.39 is 41.1 Å². The molecule has 0 bridgehead atoms. The Morgan fingerprint density at radius 1 is 1.00 bits per heavy atom. The van der Waals surface area contributed by atoms with Crippen LogP contribution in [-0.2, 0) is 19.2 Å². The number of likely N-dealkylation sites (tertiary alicyclic amines) is 1. The molecule has 3 fully saturated rings. The van der Waals surface area contributed by atoms with Gasteiger partial charge in [-0.05, 0) is 48.9 Å². The van der Waals surface area contributed by atoms with E-state index in [0.29, 0.717) is 19.4 Å². The van der Waals surface area contributed by atoms with Gasteiger partial charge in [0.15, 0.2) is 0 Å². The molecule has 4 N–H and O–H groups in total. The third-order valence-electron chi connectivity index (χ3n) is 10.9. The molecule has 5 amide bonds. The molecular formula is C37H64ClN5O5S. The number of alkyl halides is 1. The second-order valence-corrected chi connectivity index (χ2v) is 20.3. The maximum Gasteiger partial charge on any atom is 0.315 e. The number of piperidine rings is 1. The first-order valence-corrected chi connectivity index (χ1v) is 20.3. The summed E-state index contributed by atoms with van der Waals surface area (Å²) in [6, 6.07) is -3.07. The van der Waals surface area contributed by atoms with Crippen molar-refractivity contribution in [2.45, 2.75) is 149 Å². The van der Waals surface area contributed by atoms with Gasteiger partial charge >= 0.3 is 6.03 Å². The van der Waals surface area contributed by atoms with E-state index in [1.54, 1.807) is 4.90 Å². The van der Waals surface area contributed by atoms with Crippen LogP contribution in [0.2, 0.25) is 0 Å². The first-order valence-electron chi connectivity index (χ1n) is 18.3. The number of carbonyl (C=O) groups excluding carboxylic acids is 5. The zero-order valence-corrected chi connectivity index (χ0v) is 33.3. The van der Waals surface area contributed by atoms with E-state index in [1.807, 2.05) is 27.7 Å². The zero-order chi connectivity index (χ0) is 36.9. The highest BCUT2D eigenvalue weighted by atomic mass is 35.5. The Hall–Kier alpha value is -2.14. The van der Waals surface area contributed by atoms with Crippen molar-refractivity contribution in [3.05, 3.63) is 0 Å². The topological polar surface area (TPSA) is 137 Å².